The minimum atomic E-state index is -0.644. The molecule has 0 aliphatic carbocycles. The fraction of sp³-hybridized carbons (Fsp3) is 0.174. The van der Waals surface area contributed by atoms with Gasteiger partial charge >= 0.3 is 5.69 Å². The average molecular weight is 455 g/mol. The highest BCUT2D eigenvalue weighted by atomic mass is 35.5. The Bertz CT molecular complexity index is 1200. The van der Waals surface area contributed by atoms with Crippen LogP contribution in [0.2, 0.25) is 5.02 Å². The number of carbonyl (C=O) groups is 1. The molecule has 1 amide bonds. The molecule has 0 aliphatic heterocycles. The van der Waals surface area contributed by atoms with E-state index in [4.69, 9.17) is 16.3 Å². The summed E-state index contributed by atoms with van der Waals surface area (Å²) in [4.78, 5) is 39.9. The monoisotopic (exact) mass is 454 g/mol. The normalized spacial score (nSPS) is 10.9. The molecule has 1 heterocycles. The fourth-order valence-corrected chi connectivity index (χ4v) is 3.08. The van der Waals surface area contributed by atoms with E-state index in [2.05, 4.69) is 15.6 Å². The Morgan fingerprint density at radius 3 is 2.53 bits per heavy atom. The Morgan fingerprint density at radius 1 is 1.12 bits per heavy atom. The van der Waals surface area contributed by atoms with Crippen molar-refractivity contribution in [2.24, 2.45) is 0 Å². The van der Waals surface area contributed by atoms with Gasteiger partial charge in [-0.15, -0.1) is 0 Å². The molecule has 32 heavy (non-hydrogen) atoms. The van der Waals surface area contributed by atoms with E-state index < -0.39 is 17.2 Å². The van der Waals surface area contributed by atoms with Gasteiger partial charge in [-0.2, -0.15) is 0 Å². The lowest BCUT2D eigenvalue weighted by Gasteiger charge is -2.17. The number of rotatable bonds is 9. The first-order valence-electron chi connectivity index (χ1n) is 9.86. The van der Waals surface area contributed by atoms with Crippen LogP contribution in [0.15, 0.2) is 70.3 Å². The van der Waals surface area contributed by atoms with Crippen molar-refractivity contribution >= 4 is 35.1 Å². The summed E-state index contributed by atoms with van der Waals surface area (Å²) in [6.07, 6.45) is 2.92. The Morgan fingerprint density at radius 2 is 1.84 bits per heavy atom. The smallest absolute Gasteiger partial charge is 0.330 e. The first kappa shape index (κ1) is 23.1. The molecule has 0 fully saturated rings. The summed E-state index contributed by atoms with van der Waals surface area (Å²) < 4.78 is 6.32. The van der Waals surface area contributed by atoms with Crippen LogP contribution in [0, 0.1) is 0 Å². The van der Waals surface area contributed by atoms with Crippen molar-refractivity contribution in [3.05, 3.63) is 97.7 Å². The highest BCUT2D eigenvalue weighted by Crippen LogP contribution is 2.17. The first-order chi connectivity index (χ1) is 15.5. The van der Waals surface area contributed by atoms with Crippen LogP contribution in [0.1, 0.15) is 11.1 Å². The van der Waals surface area contributed by atoms with Gasteiger partial charge < -0.3 is 15.4 Å². The number of nitrogens with one attached hydrogen (secondary N) is 3. The first-order valence-corrected chi connectivity index (χ1v) is 10.2. The summed E-state index contributed by atoms with van der Waals surface area (Å²) in [6.45, 7) is 0.687. The van der Waals surface area contributed by atoms with E-state index in [-0.39, 0.29) is 24.7 Å². The standard InChI is InChI=1S/C23H23ClN4O4/c1-32-14-13-28-21(26-19(29)12-9-16-7-10-18(24)11-8-16)20(22(30)27-23(28)31)25-15-17-5-3-2-4-6-17/h2-12,25H,13-15H2,1H3,(H,26,29)(H,27,30,31)/b12-9+. The number of carbonyl (C=O) groups excluding carboxylic acids is 1. The van der Waals surface area contributed by atoms with Crippen LogP contribution < -0.4 is 21.9 Å². The van der Waals surface area contributed by atoms with Crippen molar-refractivity contribution in [3.63, 3.8) is 0 Å². The highest BCUT2D eigenvalue weighted by molar-refractivity contribution is 6.30. The van der Waals surface area contributed by atoms with E-state index in [0.717, 1.165) is 11.1 Å². The molecule has 3 aromatic rings. The zero-order valence-electron chi connectivity index (χ0n) is 17.4. The Kier molecular flexibility index (Phi) is 8.02. The quantitative estimate of drug-likeness (QED) is 0.431. The predicted octanol–water partition coefficient (Wildman–Crippen LogP) is 3.10. The Balaban J connectivity index is 1.90. The minimum absolute atomic E-state index is 0.0671. The van der Waals surface area contributed by atoms with Crippen LogP contribution in [-0.2, 0) is 22.6 Å². The van der Waals surface area contributed by atoms with Crippen molar-refractivity contribution in [1.29, 1.82) is 0 Å². The van der Waals surface area contributed by atoms with Gasteiger partial charge in [-0.05, 0) is 29.3 Å². The summed E-state index contributed by atoms with van der Waals surface area (Å²) >= 11 is 5.88. The maximum absolute atomic E-state index is 12.6. The number of benzene rings is 2. The SMILES string of the molecule is COCCn1c(NC(=O)/C=C/c2ccc(Cl)cc2)c(NCc2ccccc2)c(=O)[nH]c1=O. The van der Waals surface area contributed by atoms with Crippen LogP contribution in [-0.4, -0.2) is 29.2 Å². The molecule has 0 bridgehead atoms. The number of anilines is 2. The second-order valence-electron chi connectivity index (χ2n) is 6.84. The van der Waals surface area contributed by atoms with Gasteiger partial charge in [0.1, 0.15) is 11.5 Å². The summed E-state index contributed by atoms with van der Waals surface area (Å²) in [5.41, 5.74) is 0.514. The molecule has 2 aromatic carbocycles. The molecule has 0 atom stereocenters. The van der Waals surface area contributed by atoms with Crippen LogP contribution in [0.5, 0.6) is 0 Å². The molecule has 9 heteroatoms. The number of hydrogen-bond acceptors (Lipinski definition) is 5. The van der Waals surface area contributed by atoms with Crippen molar-refractivity contribution in [2.45, 2.75) is 13.1 Å². The second-order valence-corrected chi connectivity index (χ2v) is 7.28. The molecule has 0 radical (unpaired) electrons. The molecule has 3 N–H and O–H groups in total. The van der Waals surface area contributed by atoms with Gasteiger partial charge in [0.15, 0.2) is 0 Å². The number of amides is 1. The van der Waals surface area contributed by atoms with Crippen LogP contribution in [0.4, 0.5) is 11.5 Å². The molecule has 1 aromatic heterocycles. The number of aromatic amines is 1. The number of H-pyrrole nitrogens is 1. The zero-order valence-corrected chi connectivity index (χ0v) is 18.2. The van der Waals surface area contributed by atoms with Crippen molar-refractivity contribution in [1.82, 2.24) is 9.55 Å². The molecule has 8 nitrogen and oxygen atoms in total. The maximum atomic E-state index is 12.6. The molecular weight excluding hydrogens is 432 g/mol. The third-order valence-electron chi connectivity index (χ3n) is 4.57. The van der Waals surface area contributed by atoms with Crippen molar-refractivity contribution < 1.29 is 9.53 Å². The van der Waals surface area contributed by atoms with Crippen molar-refractivity contribution in [3.8, 4) is 0 Å². The van der Waals surface area contributed by atoms with Crippen LogP contribution >= 0.6 is 11.6 Å². The summed E-state index contributed by atoms with van der Waals surface area (Å²) in [6, 6.07) is 16.4. The summed E-state index contributed by atoms with van der Waals surface area (Å²) in [5, 5.41) is 6.28. The van der Waals surface area contributed by atoms with Crippen LogP contribution in [0.3, 0.4) is 0 Å². The fourth-order valence-electron chi connectivity index (χ4n) is 2.95. The van der Waals surface area contributed by atoms with Gasteiger partial charge in [0.2, 0.25) is 5.91 Å². The molecule has 166 valence electrons. The van der Waals surface area contributed by atoms with Gasteiger partial charge in [0.05, 0.1) is 13.2 Å². The second kappa shape index (κ2) is 11.1. The molecule has 0 spiro atoms. The largest absolute Gasteiger partial charge is 0.383 e. The lowest BCUT2D eigenvalue weighted by Crippen LogP contribution is -2.36. The number of aromatic nitrogens is 2. The van der Waals surface area contributed by atoms with Crippen molar-refractivity contribution in [2.75, 3.05) is 24.4 Å². The van der Waals surface area contributed by atoms with Gasteiger partial charge in [0, 0.05) is 24.8 Å². The van der Waals surface area contributed by atoms with Crippen LogP contribution in [0.25, 0.3) is 6.08 Å². The van der Waals surface area contributed by atoms with E-state index in [0.29, 0.717) is 11.6 Å². The molecular formula is C23H23ClN4O4. The predicted molar refractivity (Wildman–Crippen MR) is 126 cm³/mol. The Labute approximate surface area is 189 Å². The molecule has 0 aliphatic rings. The van der Waals surface area contributed by atoms with E-state index in [1.165, 1.54) is 17.8 Å². The minimum Gasteiger partial charge on any atom is -0.383 e. The summed E-state index contributed by atoms with van der Waals surface area (Å²) in [7, 11) is 1.50. The molecule has 0 saturated carbocycles. The van der Waals surface area contributed by atoms with Gasteiger partial charge in [0.25, 0.3) is 5.56 Å². The van der Waals surface area contributed by atoms with E-state index in [9.17, 15) is 14.4 Å². The van der Waals surface area contributed by atoms with E-state index >= 15 is 0 Å². The van der Waals surface area contributed by atoms with Gasteiger partial charge in [-0.1, -0.05) is 54.1 Å². The highest BCUT2D eigenvalue weighted by Gasteiger charge is 2.16. The summed E-state index contributed by atoms with van der Waals surface area (Å²) in [5.74, 6) is -0.434. The average Bonchev–Trinajstić information content (AvgIpc) is 2.79. The Hall–Kier alpha value is -3.62. The van der Waals surface area contributed by atoms with E-state index in [1.807, 2.05) is 30.3 Å². The number of ether oxygens (including phenoxy) is 1. The topological polar surface area (TPSA) is 105 Å². The number of hydrogen-bond donors (Lipinski definition) is 3. The third kappa shape index (κ3) is 6.19. The number of halogens is 1. The maximum Gasteiger partial charge on any atom is 0.330 e. The van der Waals surface area contributed by atoms with Gasteiger partial charge in [-0.3, -0.25) is 19.1 Å². The molecule has 0 saturated heterocycles. The third-order valence-corrected chi connectivity index (χ3v) is 4.82. The number of methoxy groups -OCH3 is 1. The van der Waals surface area contributed by atoms with Gasteiger partial charge in [-0.25, -0.2) is 4.79 Å². The lowest BCUT2D eigenvalue weighted by molar-refractivity contribution is -0.111. The van der Waals surface area contributed by atoms with E-state index in [1.54, 1.807) is 30.3 Å². The lowest BCUT2D eigenvalue weighted by atomic mass is 10.2. The zero-order chi connectivity index (χ0) is 22.9. The molecule has 0 unspecified atom stereocenters. The molecule has 3 rings (SSSR count). The number of nitrogens with zero attached hydrogens (tertiary/aromatic N) is 1.